The zero-order valence-electron chi connectivity index (χ0n) is 15.0. The van der Waals surface area contributed by atoms with Crippen LogP contribution in [0.4, 0.5) is 0 Å². The molecule has 2 heterocycles. The zero-order chi connectivity index (χ0) is 17.3. The third kappa shape index (κ3) is 3.49. The molecule has 0 spiro atoms. The summed E-state index contributed by atoms with van der Waals surface area (Å²) in [6.45, 7) is 8.20. The number of carbonyl (C=O) groups is 1. The summed E-state index contributed by atoms with van der Waals surface area (Å²) in [4.78, 5) is 19.5. The van der Waals surface area contributed by atoms with Gasteiger partial charge in [-0.25, -0.2) is 0 Å². The standard InChI is InChI=1S/C18H27N3O3/c1-13-10-20(11-14(2)21(13)8-7-19(3)4)18(22)15-5-6-16-17(9-15)24-12-23-16/h5-6,9,13-14H,7-8,10-12H2,1-4H3. The van der Waals surface area contributed by atoms with Crippen molar-refractivity contribution in [1.82, 2.24) is 14.7 Å². The van der Waals surface area contributed by atoms with Gasteiger partial charge in [-0.05, 0) is 46.1 Å². The highest BCUT2D eigenvalue weighted by Gasteiger charge is 2.32. The number of fused-ring (bicyclic) bond motifs is 1. The van der Waals surface area contributed by atoms with Gasteiger partial charge in [-0.2, -0.15) is 0 Å². The summed E-state index contributed by atoms with van der Waals surface area (Å²) in [7, 11) is 4.18. The van der Waals surface area contributed by atoms with Gasteiger partial charge in [0.2, 0.25) is 6.79 Å². The van der Waals surface area contributed by atoms with E-state index >= 15 is 0 Å². The highest BCUT2D eigenvalue weighted by Crippen LogP contribution is 2.33. The van der Waals surface area contributed by atoms with Crippen molar-refractivity contribution in [3.63, 3.8) is 0 Å². The molecule has 2 aliphatic heterocycles. The van der Waals surface area contributed by atoms with Crippen LogP contribution in [0, 0.1) is 0 Å². The number of hydrogen-bond donors (Lipinski definition) is 0. The van der Waals surface area contributed by atoms with Gasteiger partial charge in [0.05, 0.1) is 0 Å². The Morgan fingerprint density at radius 3 is 2.50 bits per heavy atom. The molecule has 2 atom stereocenters. The van der Waals surface area contributed by atoms with Crippen molar-refractivity contribution in [3.05, 3.63) is 23.8 Å². The number of benzene rings is 1. The van der Waals surface area contributed by atoms with Crippen LogP contribution in [0.25, 0.3) is 0 Å². The van der Waals surface area contributed by atoms with Gasteiger partial charge in [-0.15, -0.1) is 0 Å². The minimum absolute atomic E-state index is 0.0688. The molecule has 6 nitrogen and oxygen atoms in total. The summed E-state index contributed by atoms with van der Waals surface area (Å²) in [5.74, 6) is 1.44. The van der Waals surface area contributed by atoms with Crippen LogP contribution < -0.4 is 9.47 Å². The molecule has 1 amide bonds. The number of piperazine rings is 1. The van der Waals surface area contributed by atoms with Crippen LogP contribution in [0.3, 0.4) is 0 Å². The lowest BCUT2D eigenvalue weighted by Crippen LogP contribution is -2.59. The van der Waals surface area contributed by atoms with E-state index in [9.17, 15) is 4.79 Å². The highest BCUT2D eigenvalue weighted by atomic mass is 16.7. The van der Waals surface area contributed by atoms with Crippen molar-refractivity contribution in [2.75, 3.05) is 47.1 Å². The Morgan fingerprint density at radius 1 is 1.17 bits per heavy atom. The minimum Gasteiger partial charge on any atom is -0.454 e. The molecule has 132 valence electrons. The van der Waals surface area contributed by atoms with Crippen LogP contribution in [0.1, 0.15) is 24.2 Å². The third-order valence-electron chi connectivity index (χ3n) is 4.81. The topological polar surface area (TPSA) is 45.3 Å². The van der Waals surface area contributed by atoms with E-state index in [-0.39, 0.29) is 12.7 Å². The maximum Gasteiger partial charge on any atom is 0.254 e. The maximum absolute atomic E-state index is 12.9. The van der Waals surface area contributed by atoms with E-state index in [4.69, 9.17) is 9.47 Å². The van der Waals surface area contributed by atoms with E-state index in [2.05, 4.69) is 37.7 Å². The summed E-state index contributed by atoms with van der Waals surface area (Å²) in [6.07, 6.45) is 0. The third-order valence-corrected chi connectivity index (χ3v) is 4.81. The van der Waals surface area contributed by atoms with Crippen molar-refractivity contribution in [2.45, 2.75) is 25.9 Å². The van der Waals surface area contributed by atoms with Crippen LogP contribution in [-0.4, -0.2) is 79.8 Å². The molecule has 24 heavy (non-hydrogen) atoms. The fourth-order valence-electron chi connectivity index (χ4n) is 3.49. The molecule has 2 unspecified atom stereocenters. The summed E-state index contributed by atoms with van der Waals surface area (Å²) < 4.78 is 10.7. The number of hydrogen-bond acceptors (Lipinski definition) is 5. The zero-order valence-corrected chi connectivity index (χ0v) is 15.0. The predicted octanol–water partition coefficient (Wildman–Crippen LogP) is 1.51. The molecule has 1 aromatic rings. The van der Waals surface area contributed by atoms with Gasteiger partial charge in [0.15, 0.2) is 11.5 Å². The number of carbonyl (C=O) groups excluding carboxylic acids is 1. The van der Waals surface area contributed by atoms with Crippen molar-refractivity contribution in [1.29, 1.82) is 0 Å². The van der Waals surface area contributed by atoms with Gasteiger partial charge < -0.3 is 19.3 Å². The second-order valence-corrected chi connectivity index (χ2v) is 7.02. The quantitative estimate of drug-likeness (QED) is 0.836. The number of amides is 1. The Labute approximate surface area is 143 Å². The molecular formula is C18H27N3O3. The number of nitrogens with zero attached hydrogens (tertiary/aromatic N) is 3. The van der Waals surface area contributed by atoms with Crippen LogP contribution in [-0.2, 0) is 0 Å². The molecule has 0 aromatic heterocycles. The second kappa shape index (κ2) is 6.99. The Morgan fingerprint density at radius 2 is 1.83 bits per heavy atom. The Bertz CT molecular complexity index is 593. The molecule has 0 N–H and O–H groups in total. The average Bonchev–Trinajstić information content (AvgIpc) is 3.00. The van der Waals surface area contributed by atoms with Crippen molar-refractivity contribution < 1.29 is 14.3 Å². The van der Waals surface area contributed by atoms with E-state index in [1.807, 2.05) is 17.0 Å². The second-order valence-electron chi connectivity index (χ2n) is 7.02. The van der Waals surface area contributed by atoms with Gasteiger partial charge in [0.1, 0.15) is 0 Å². The fraction of sp³-hybridized carbons (Fsp3) is 0.611. The summed E-state index contributed by atoms with van der Waals surface area (Å²) in [5, 5.41) is 0. The van der Waals surface area contributed by atoms with Crippen LogP contribution in [0.15, 0.2) is 18.2 Å². The van der Waals surface area contributed by atoms with Gasteiger partial charge in [-0.1, -0.05) is 0 Å². The lowest BCUT2D eigenvalue weighted by Gasteiger charge is -2.44. The molecular weight excluding hydrogens is 306 g/mol. The van der Waals surface area contributed by atoms with Crippen molar-refractivity contribution in [3.8, 4) is 11.5 Å². The number of ether oxygens (including phenoxy) is 2. The molecule has 2 aliphatic rings. The first-order chi connectivity index (χ1) is 11.5. The molecule has 0 bridgehead atoms. The SMILES string of the molecule is CC1CN(C(=O)c2ccc3c(c2)OCO3)CC(C)N1CCN(C)C. The molecule has 0 radical (unpaired) electrons. The molecule has 3 rings (SSSR count). The summed E-state index contributed by atoms with van der Waals surface area (Å²) >= 11 is 0. The predicted molar refractivity (Wildman–Crippen MR) is 92.7 cm³/mol. The van der Waals surface area contributed by atoms with Crippen molar-refractivity contribution in [2.24, 2.45) is 0 Å². The fourth-order valence-corrected chi connectivity index (χ4v) is 3.49. The molecule has 0 aliphatic carbocycles. The van der Waals surface area contributed by atoms with Crippen LogP contribution in [0.5, 0.6) is 11.5 Å². The van der Waals surface area contributed by atoms with Crippen LogP contribution in [0.2, 0.25) is 0 Å². The smallest absolute Gasteiger partial charge is 0.254 e. The average molecular weight is 333 g/mol. The Hall–Kier alpha value is -1.79. The first kappa shape index (κ1) is 17.0. The summed E-state index contributed by atoms with van der Waals surface area (Å²) in [5.41, 5.74) is 0.667. The van der Waals surface area contributed by atoms with Gasteiger partial charge in [0.25, 0.3) is 5.91 Å². The normalized spacial score (nSPS) is 23.8. The van der Waals surface area contributed by atoms with Gasteiger partial charge >= 0.3 is 0 Å². The molecule has 0 saturated carbocycles. The largest absolute Gasteiger partial charge is 0.454 e. The minimum atomic E-state index is 0.0688. The maximum atomic E-state index is 12.9. The van der Waals surface area contributed by atoms with E-state index in [1.54, 1.807) is 6.07 Å². The lowest BCUT2D eigenvalue weighted by atomic mass is 10.1. The van der Waals surface area contributed by atoms with E-state index < -0.39 is 0 Å². The molecule has 1 aromatic carbocycles. The lowest BCUT2D eigenvalue weighted by molar-refractivity contribution is 0.0282. The highest BCUT2D eigenvalue weighted by molar-refractivity contribution is 5.95. The van der Waals surface area contributed by atoms with Crippen molar-refractivity contribution >= 4 is 5.91 Å². The first-order valence-corrected chi connectivity index (χ1v) is 8.55. The van der Waals surface area contributed by atoms with E-state index in [0.29, 0.717) is 29.1 Å². The Balaban J connectivity index is 1.66. The van der Waals surface area contributed by atoms with Crippen LogP contribution >= 0.6 is 0 Å². The molecule has 1 saturated heterocycles. The first-order valence-electron chi connectivity index (χ1n) is 8.55. The number of likely N-dealkylation sites (N-methyl/N-ethyl adjacent to an activating group) is 1. The van der Waals surface area contributed by atoms with E-state index in [1.165, 1.54) is 0 Å². The summed E-state index contributed by atoms with van der Waals surface area (Å²) in [6, 6.07) is 6.14. The Kier molecular flexibility index (Phi) is 4.96. The number of rotatable bonds is 4. The van der Waals surface area contributed by atoms with Gasteiger partial charge in [-0.3, -0.25) is 9.69 Å². The van der Waals surface area contributed by atoms with Gasteiger partial charge in [0, 0.05) is 43.8 Å². The molecule has 6 heteroatoms. The molecule has 1 fully saturated rings. The monoisotopic (exact) mass is 333 g/mol. The van der Waals surface area contributed by atoms with E-state index in [0.717, 1.165) is 26.2 Å².